The molecule has 0 bridgehead atoms. The fourth-order valence-corrected chi connectivity index (χ4v) is 2.55. The Morgan fingerprint density at radius 2 is 2.16 bits per heavy atom. The molecule has 1 saturated heterocycles. The summed E-state index contributed by atoms with van der Waals surface area (Å²) in [6.45, 7) is 5.41. The van der Waals surface area contributed by atoms with Crippen molar-refractivity contribution < 1.29 is 9.53 Å². The molecule has 1 unspecified atom stereocenters. The summed E-state index contributed by atoms with van der Waals surface area (Å²) in [6.07, 6.45) is 2.94. The first-order valence-corrected chi connectivity index (χ1v) is 7.22. The van der Waals surface area contributed by atoms with Gasteiger partial charge in [0.05, 0.1) is 12.5 Å². The standard InChI is InChI=1S/C16H23NO2/c1-2-11-19-16(18)15-9-6-10-17(13-15)12-14-7-4-3-5-8-14/h3-5,7-8,15H,2,6,9-13H2,1H3. The molecule has 2 rings (SSSR count). The minimum absolute atomic E-state index is 0.0142. The highest BCUT2D eigenvalue weighted by molar-refractivity contribution is 5.72. The van der Waals surface area contributed by atoms with Gasteiger partial charge in [-0.2, -0.15) is 0 Å². The molecule has 19 heavy (non-hydrogen) atoms. The lowest BCUT2D eigenvalue weighted by Gasteiger charge is -2.31. The second kappa shape index (κ2) is 7.29. The van der Waals surface area contributed by atoms with Crippen LogP contribution in [0.15, 0.2) is 30.3 Å². The van der Waals surface area contributed by atoms with Gasteiger partial charge in [-0.15, -0.1) is 0 Å². The molecule has 3 nitrogen and oxygen atoms in total. The van der Waals surface area contributed by atoms with Gasteiger partial charge in [0.15, 0.2) is 0 Å². The van der Waals surface area contributed by atoms with E-state index in [4.69, 9.17) is 4.74 Å². The Hall–Kier alpha value is -1.35. The van der Waals surface area contributed by atoms with E-state index in [1.54, 1.807) is 0 Å². The Labute approximate surface area is 115 Å². The van der Waals surface area contributed by atoms with Crippen LogP contribution >= 0.6 is 0 Å². The first kappa shape index (κ1) is 14.1. The molecule has 3 heteroatoms. The maximum absolute atomic E-state index is 11.9. The molecule has 1 fully saturated rings. The van der Waals surface area contributed by atoms with Gasteiger partial charge in [-0.25, -0.2) is 0 Å². The topological polar surface area (TPSA) is 29.5 Å². The highest BCUT2D eigenvalue weighted by atomic mass is 16.5. The first-order valence-electron chi connectivity index (χ1n) is 7.22. The van der Waals surface area contributed by atoms with Crippen LogP contribution in [0.2, 0.25) is 0 Å². The van der Waals surface area contributed by atoms with Crippen molar-refractivity contribution in [1.82, 2.24) is 4.90 Å². The highest BCUT2D eigenvalue weighted by Gasteiger charge is 2.26. The number of likely N-dealkylation sites (tertiary alicyclic amines) is 1. The monoisotopic (exact) mass is 261 g/mol. The predicted molar refractivity (Wildman–Crippen MR) is 75.7 cm³/mol. The number of nitrogens with zero attached hydrogens (tertiary/aromatic N) is 1. The second-order valence-electron chi connectivity index (χ2n) is 5.23. The summed E-state index contributed by atoms with van der Waals surface area (Å²) in [6, 6.07) is 10.4. The molecular formula is C16H23NO2. The summed E-state index contributed by atoms with van der Waals surface area (Å²) >= 11 is 0. The van der Waals surface area contributed by atoms with Gasteiger partial charge in [-0.3, -0.25) is 9.69 Å². The van der Waals surface area contributed by atoms with Crippen molar-refractivity contribution in [3.05, 3.63) is 35.9 Å². The third-order valence-electron chi connectivity index (χ3n) is 3.54. The van der Waals surface area contributed by atoms with Gasteiger partial charge in [-0.1, -0.05) is 37.3 Å². The molecular weight excluding hydrogens is 238 g/mol. The zero-order valence-electron chi connectivity index (χ0n) is 11.7. The molecule has 1 atom stereocenters. The Balaban J connectivity index is 1.85. The minimum Gasteiger partial charge on any atom is -0.465 e. The lowest BCUT2D eigenvalue weighted by atomic mass is 9.98. The van der Waals surface area contributed by atoms with Crippen LogP contribution in [0.3, 0.4) is 0 Å². The minimum atomic E-state index is -0.0142. The number of carbonyl (C=O) groups excluding carboxylic acids is 1. The van der Waals surface area contributed by atoms with Gasteiger partial charge in [-0.05, 0) is 31.4 Å². The van der Waals surface area contributed by atoms with Crippen molar-refractivity contribution in [2.45, 2.75) is 32.7 Å². The van der Waals surface area contributed by atoms with E-state index in [2.05, 4.69) is 29.2 Å². The van der Waals surface area contributed by atoms with E-state index in [0.717, 1.165) is 38.9 Å². The molecule has 0 N–H and O–H groups in total. The Morgan fingerprint density at radius 3 is 2.89 bits per heavy atom. The van der Waals surface area contributed by atoms with Crippen LogP contribution in [0.4, 0.5) is 0 Å². The number of esters is 1. The molecule has 1 aromatic rings. The van der Waals surface area contributed by atoms with Crippen molar-refractivity contribution in [2.75, 3.05) is 19.7 Å². The molecule has 0 amide bonds. The number of piperidine rings is 1. The van der Waals surface area contributed by atoms with E-state index in [-0.39, 0.29) is 11.9 Å². The van der Waals surface area contributed by atoms with Crippen molar-refractivity contribution in [1.29, 1.82) is 0 Å². The molecule has 0 radical (unpaired) electrons. The Bertz CT molecular complexity index is 391. The fourth-order valence-electron chi connectivity index (χ4n) is 2.55. The summed E-state index contributed by atoms with van der Waals surface area (Å²) in [5.41, 5.74) is 1.31. The van der Waals surface area contributed by atoms with Crippen molar-refractivity contribution in [2.24, 2.45) is 5.92 Å². The van der Waals surface area contributed by atoms with Gasteiger partial charge in [0, 0.05) is 13.1 Å². The van der Waals surface area contributed by atoms with Crippen LogP contribution in [0.25, 0.3) is 0 Å². The number of ether oxygens (including phenoxy) is 1. The number of hydrogen-bond donors (Lipinski definition) is 0. The van der Waals surface area contributed by atoms with Crippen molar-refractivity contribution in [3.63, 3.8) is 0 Å². The largest absolute Gasteiger partial charge is 0.465 e. The van der Waals surface area contributed by atoms with Crippen LogP contribution in [-0.4, -0.2) is 30.6 Å². The van der Waals surface area contributed by atoms with Gasteiger partial charge < -0.3 is 4.74 Å². The van der Waals surface area contributed by atoms with Crippen LogP contribution in [0.1, 0.15) is 31.7 Å². The summed E-state index contributed by atoms with van der Waals surface area (Å²) in [5.74, 6) is 0.0450. The molecule has 1 aliphatic heterocycles. The normalized spacial score (nSPS) is 20.2. The fraction of sp³-hybridized carbons (Fsp3) is 0.562. The van der Waals surface area contributed by atoms with E-state index in [1.807, 2.05) is 13.0 Å². The summed E-state index contributed by atoms with van der Waals surface area (Å²) in [7, 11) is 0. The first-order chi connectivity index (χ1) is 9.29. The molecule has 1 heterocycles. The van der Waals surface area contributed by atoms with E-state index >= 15 is 0 Å². The van der Waals surface area contributed by atoms with E-state index in [9.17, 15) is 4.79 Å². The summed E-state index contributed by atoms with van der Waals surface area (Å²) < 4.78 is 5.26. The second-order valence-corrected chi connectivity index (χ2v) is 5.23. The van der Waals surface area contributed by atoms with Gasteiger partial charge in [0.25, 0.3) is 0 Å². The molecule has 0 saturated carbocycles. The highest BCUT2D eigenvalue weighted by Crippen LogP contribution is 2.19. The van der Waals surface area contributed by atoms with Crippen molar-refractivity contribution in [3.8, 4) is 0 Å². The van der Waals surface area contributed by atoms with Crippen LogP contribution in [0.5, 0.6) is 0 Å². The molecule has 0 aliphatic carbocycles. The van der Waals surface area contributed by atoms with Crippen LogP contribution in [-0.2, 0) is 16.1 Å². The number of rotatable bonds is 5. The van der Waals surface area contributed by atoms with Gasteiger partial charge in [0.1, 0.15) is 0 Å². The van der Waals surface area contributed by atoms with E-state index in [0.29, 0.717) is 6.61 Å². The number of benzene rings is 1. The quantitative estimate of drug-likeness (QED) is 0.763. The third-order valence-corrected chi connectivity index (χ3v) is 3.54. The smallest absolute Gasteiger partial charge is 0.310 e. The van der Waals surface area contributed by atoms with E-state index in [1.165, 1.54) is 5.56 Å². The maximum atomic E-state index is 11.9. The summed E-state index contributed by atoms with van der Waals surface area (Å²) in [5, 5.41) is 0. The summed E-state index contributed by atoms with van der Waals surface area (Å²) in [4.78, 5) is 14.3. The average Bonchev–Trinajstić information content (AvgIpc) is 2.46. The van der Waals surface area contributed by atoms with Crippen LogP contribution in [0, 0.1) is 5.92 Å². The Kier molecular flexibility index (Phi) is 5.40. The molecule has 1 aliphatic rings. The molecule has 1 aromatic carbocycles. The zero-order chi connectivity index (χ0) is 13.5. The SMILES string of the molecule is CCCOC(=O)C1CCCN(Cc2ccccc2)C1. The Morgan fingerprint density at radius 1 is 1.37 bits per heavy atom. The lowest BCUT2D eigenvalue weighted by Crippen LogP contribution is -2.38. The van der Waals surface area contributed by atoms with Gasteiger partial charge >= 0.3 is 5.97 Å². The lowest BCUT2D eigenvalue weighted by molar-refractivity contribution is -0.150. The third kappa shape index (κ3) is 4.35. The zero-order valence-corrected chi connectivity index (χ0v) is 11.7. The molecule has 104 valence electrons. The van der Waals surface area contributed by atoms with Crippen molar-refractivity contribution >= 4 is 5.97 Å². The van der Waals surface area contributed by atoms with E-state index < -0.39 is 0 Å². The maximum Gasteiger partial charge on any atom is 0.310 e. The number of carbonyl (C=O) groups is 1. The van der Waals surface area contributed by atoms with Crippen LogP contribution < -0.4 is 0 Å². The average molecular weight is 261 g/mol. The van der Waals surface area contributed by atoms with Gasteiger partial charge in [0.2, 0.25) is 0 Å². The molecule has 0 aromatic heterocycles. The molecule has 0 spiro atoms. The predicted octanol–water partition coefficient (Wildman–Crippen LogP) is 2.85. The number of hydrogen-bond acceptors (Lipinski definition) is 3.